The Morgan fingerprint density at radius 1 is 0.529 bits per heavy atom. The molecule has 202 valence electrons. The minimum atomic E-state index is -0.0416. The van der Waals surface area contributed by atoms with E-state index in [4.69, 9.17) is 9.47 Å². The van der Waals surface area contributed by atoms with Crippen LogP contribution in [0, 0.1) is 5.92 Å². The van der Waals surface area contributed by atoms with Gasteiger partial charge in [0.25, 0.3) is 0 Å². The van der Waals surface area contributed by atoms with Crippen LogP contribution in [0.25, 0.3) is 0 Å². The zero-order valence-electron chi connectivity index (χ0n) is 23.2. The van der Waals surface area contributed by atoms with Crippen molar-refractivity contribution in [2.45, 2.75) is 162 Å². The molecule has 0 rings (SSSR count). The maximum atomic E-state index is 11.9. The first-order chi connectivity index (χ1) is 16.6. The topological polar surface area (TPSA) is 52.6 Å². The molecule has 0 aromatic carbocycles. The van der Waals surface area contributed by atoms with Crippen LogP contribution in [0.15, 0.2) is 0 Å². The molecule has 0 N–H and O–H groups in total. The number of unbranched alkanes of at least 4 members (excludes halogenated alkanes) is 15. The van der Waals surface area contributed by atoms with Crippen LogP contribution in [-0.2, 0) is 19.1 Å². The van der Waals surface area contributed by atoms with Gasteiger partial charge in [-0.05, 0) is 31.6 Å². The van der Waals surface area contributed by atoms with Crippen LogP contribution in [0.5, 0.6) is 0 Å². The summed E-state index contributed by atoms with van der Waals surface area (Å²) >= 11 is 0. The average molecular weight is 483 g/mol. The zero-order chi connectivity index (χ0) is 25.1. The van der Waals surface area contributed by atoms with Crippen LogP contribution in [0.2, 0.25) is 0 Å². The predicted molar refractivity (Wildman–Crippen MR) is 144 cm³/mol. The number of carbonyl (C=O) groups excluding carboxylic acids is 2. The molecule has 0 spiro atoms. The van der Waals surface area contributed by atoms with Crippen molar-refractivity contribution in [3.8, 4) is 0 Å². The number of hydrogen-bond donors (Lipinski definition) is 0. The molecule has 0 saturated heterocycles. The lowest BCUT2D eigenvalue weighted by Crippen LogP contribution is -2.13. The molecule has 4 heteroatoms. The van der Waals surface area contributed by atoms with Gasteiger partial charge in [-0.3, -0.25) is 9.59 Å². The first kappa shape index (κ1) is 32.9. The molecule has 0 aliphatic rings. The SMILES string of the molecule is CCCCCCCCCCCCOC(=O)CCCCCCCCC(=O)OCC(CC)CCCC. The lowest BCUT2D eigenvalue weighted by molar-refractivity contribution is -0.145. The van der Waals surface area contributed by atoms with E-state index in [9.17, 15) is 9.59 Å². The molecule has 0 fully saturated rings. The summed E-state index contributed by atoms with van der Waals surface area (Å²) < 4.78 is 10.8. The fraction of sp³-hybridized carbons (Fsp3) is 0.933. The molecule has 1 atom stereocenters. The average Bonchev–Trinajstić information content (AvgIpc) is 2.84. The van der Waals surface area contributed by atoms with Crippen molar-refractivity contribution in [2.75, 3.05) is 13.2 Å². The van der Waals surface area contributed by atoms with Crippen LogP contribution < -0.4 is 0 Å². The maximum Gasteiger partial charge on any atom is 0.305 e. The third kappa shape index (κ3) is 24.1. The van der Waals surface area contributed by atoms with Crippen molar-refractivity contribution in [3.05, 3.63) is 0 Å². The molecule has 0 aliphatic heterocycles. The highest BCUT2D eigenvalue weighted by atomic mass is 16.5. The summed E-state index contributed by atoms with van der Waals surface area (Å²) in [4.78, 5) is 23.7. The van der Waals surface area contributed by atoms with Crippen molar-refractivity contribution >= 4 is 11.9 Å². The van der Waals surface area contributed by atoms with Gasteiger partial charge in [-0.2, -0.15) is 0 Å². The third-order valence-corrected chi connectivity index (χ3v) is 6.80. The van der Waals surface area contributed by atoms with Gasteiger partial charge in [0.05, 0.1) is 13.2 Å². The van der Waals surface area contributed by atoms with Crippen molar-refractivity contribution in [1.29, 1.82) is 0 Å². The van der Waals surface area contributed by atoms with Crippen LogP contribution in [0.1, 0.15) is 162 Å². The molecule has 0 aromatic rings. The van der Waals surface area contributed by atoms with E-state index in [1.165, 1.54) is 70.6 Å². The Morgan fingerprint density at radius 3 is 1.47 bits per heavy atom. The maximum absolute atomic E-state index is 11.9. The molecule has 0 heterocycles. The van der Waals surface area contributed by atoms with Gasteiger partial charge in [-0.15, -0.1) is 0 Å². The lowest BCUT2D eigenvalue weighted by atomic mass is 10.0. The second-order valence-electron chi connectivity index (χ2n) is 10.1. The first-order valence-corrected chi connectivity index (χ1v) is 14.9. The van der Waals surface area contributed by atoms with E-state index in [2.05, 4.69) is 20.8 Å². The van der Waals surface area contributed by atoms with E-state index in [-0.39, 0.29) is 11.9 Å². The summed E-state index contributed by atoms with van der Waals surface area (Å²) in [5, 5.41) is 0. The highest BCUT2D eigenvalue weighted by Crippen LogP contribution is 2.15. The van der Waals surface area contributed by atoms with Gasteiger partial charge < -0.3 is 9.47 Å². The molecular weight excluding hydrogens is 424 g/mol. The molecule has 0 saturated carbocycles. The number of carbonyl (C=O) groups is 2. The minimum absolute atomic E-state index is 0.0389. The number of rotatable bonds is 26. The number of ether oxygens (including phenoxy) is 2. The van der Waals surface area contributed by atoms with Gasteiger partial charge in [0.15, 0.2) is 0 Å². The zero-order valence-corrected chi connectivity index (χ0v) is 23.2. The van der Waals surface area contributed by atoms with Gasteiger partial charge in [-0.25, -0.2) is 0 Å². The van der Waals surface area contributed by atoms with Crippen molar-refractivity contribution in [1.82, 2.24) is 0 Å². The molecule has 1 unspecified atom stereocenters. The van der Waals surface area contributed by atoms with Crippen LogP contribution in [0.3, 0.4) is 0 Å². The summed E-state index contributed by atoms with van der Waals surface area (Å²) in [7, 11) is 0. The van der Waals surface area contributed by atoms with Gasteiger partial charge >= 0.3 is 11.9 Å². The monoisotopic (exact) mass is 482 g/mol. The van der Waals surface area contributed by atoms with Crippen molar-refractivity contribution in [2.24, 2.45) is 5.92 Å². The molecular formula is C30H58O4. The summed E-state index contributed by atoms with van der Waals surface area (Å²) in [5.41, 5.74) is 0. The normalized spacial score (nSPS) is 12.0. The number of esters is 2. The Balaban J connectivity index is 3.36. The molecule has 0 aliphatic carbocycles. The van der Waals surface area contributed by atoms with E-state index >= 15 is 0 Å². The van der Waals surface area contributed by atoms with Crippen LogP contribution in [0.4, 0.5) is 0 Å². The van der Waals surface area contributed by atoms with E-state index in [0.29, 0.717) is 32.0 Å². The Hall–Kier alpha value is -1.06. The van der Waals surface area contributed by atoms with Crippen molar-refractivity contribution < 1.29 is 19.1 Å². The van der Waals surface area contributed by atoms with Crippen LogP contribution in [-0.4, -0.2) is 25.2 Å². The smallest absolute Gasteiger partial charge is 0.305 e. The third-order valence-electron chi connectivity index (χ3n) is 6.80. The Kier molecular flexibility index (Phi) is 25.7. The van der Waals surface area contributed by atoms with E-state index in [0.717, 1.165) is 57.8 Å². The highest BCUT2D eigenvalue weighted by Gasteiger charge is 2.10. The summed E-state index contributed by atoms with van der Waals surface area (Å²) in [6.45, 7) is 7.81. The number of hydrogen-bond acceptors (Lipinski definition) is 4. The van der Waals surface area contributed by atoms with E-state index in [1.54, 1.807) is 0 Å². The second-order valence-corrected chi connectivity index (χ2v) is 10.1. The largest absolute Gasteiger partial charge is 0.466 e. The Labute approximate surface area is 212 Å². The van der Waals surface area contributed by atoms with Crippen molar-refractivity contribution in [3.63, 3.8) is 0 Å². The minimum Gasteiger partial charge on any atom is -0.466 e. The molecule has 0 aromatic heterocycles. The standard InChI is InChI=1S/C30H58O4/c1-4-7-9-10-11-12-13-16-19-22-26-33-29(31)24-20-17-14-15-18-21-25-30(32)34-27-28(6-3)23-8-5-2/h28H,4-27H2,1-3H3. The highest BCUT2D eigenvalue weighted by molar-refractivity contribution is 5.69. The van der Waals surface area contributed by atoms with Gasteiger partial charge in [0.1, 0.15) is 0 Å². The molecule has 34 heavy (non-hydrogen) atoms. The van der Waals surface area contributed by atoms with E-state index in [1.807, 2.05) is 0 Å². The lowest BCUT2D eigenvalue weighted by Gasteiger charge is -2.14. The molecule has 0 bridgehead atoms. The molecule has 0 radical (unpaired) electrons. The first-order valence-electron chi connectivity index (χ1n) is 14.9. The Morgan fingerprint density at radius 2 is 0.971 bits per heavy atom. The molecule has 0 amide bonds. The summed E-state index contributed by atoms with van der Waals surface area (Å²) in [6, 6.07) is 0. The predicted octanol–water partition coefficient (Wildman–Crippen LogP) is 9.33. The fourth-order valence-corrected chi connectivity index (χ4v) is 4.27. The van der Waals surface area contributed by atoms with Gasteiger partial charge in [-0.1, -0.05) is 124 Å². The Bertz CT molecular complexity index is 449. The van der Waals surface area contributed by atoms with Crippen LogP contribution >= 0.6 is 0 Å². The van der Waals surface area contributed by atoms with Gasteiger partial charge in [0.2, 0.25) is 0 Å². The second kappa shape index (κ2) is 26.5. The fourth-order valence-electron chi connectivity index (χ4n) is 4.27. The molecule has 4 nitrogen and oxygen atoms in total. The van der Waals surface area contributed by atoms with Gasteiger partial charge in [0, 0.05) is 12.8 Å². The summed E-state index contributed by atoms with van der Waals surface area (Å²) in [6.07, 6.45) is 24.9. The summed E-state index contributed by atoms with van der Waals surface area (Å²) in [5.74, 6) is 0.439. The van der Waals surface area contributed by atoms with E-state index < -0.39 is 0 Å². The quantitative estimate of drug-likeness (QED) is 0.0910.